The van der Waals surface area contributed by atoms with Crippen molar-refractivity contribution in [2.24, 2.45) is 0 Å². The van der Waals surface area contributed by atoms with Gasteiger partial charge < -0.3 is 10.1 Å². The maximum atomic E-state index is 13.9. The first-order valence-electron chi connectivity index (χ1n) is 9.63. The van der Waals surface area contributed by atoms with Gasteiger partial charge in [-0.2, -0.15) is 0 Å². The van der Waals surface area contributed by atoms with Crippen molar-refractivity contribution in [3.63, 3.8) is 0 Å². The summed E-state index contributed by atoms with van der Waals surface area (Å²) in [5.41, 5.74) is 2.47. The SMILES string of the molecule is COc1ccc(C)cc1NC(=O)C(C)N1CCN(Cc2ccccc2F)CC1. The van der Waals surface area contributed by atoms with Gasteiger partial charge >= 0.3 is 0 Å². The van der Waals surface area contributed by atoms with E-state index in [4.69, 9.17) is 4.74 Å². The number of nitrogens with one attached hydrogen (secondary N) is 1. The highest BCUT2D eigenvalue weighted by Gasteiger charge is 2.26. The summed E-state index contributed by atoms with van der Waals surface area (Å²) in [5.74, 6) is 0.442. The lowest BCUT2D eigenvalue weighted by molar-refractivity contribution is -0.121. The highest BCUT2D eigenvalue weighted by molar-refractivity contribution is 5.96. The lowest BCUT2D eigenvalue weighted by atomic mass is 10.1. The fourth-order valence-corrected chi connectivity index (χ4v) is 3.50. The molecular formula is C22H28FN3O2. The number of anilines is 1. The van der Waals surface area contributed by atoms with E-state index in [1.54, 1.807) is 13.2 Å². The Balaban J connectivity index is 1.55. The predicted molar refractivity (Wildman–Crippen MR) is 109 cm³/mol. The predicted octanol–water partition coefficient (Wildman–Crippen LogP) is 3.29. The maximum absolute atomic E-state index is 13.9. The number of hydrogen-bond acceptors (Lipinski definition) is 4. The lowest BCUT2D eigenvalue weighted by Crippen LogP contribution is -2.52. The molecule has 3 rings (SSSR count). The van der Waals surface area contributed by atoms with Crippen LogP contribution < -0.4 is 10.1 Å². The summed E-state index contributed by atoms with van der Waals surface area (Å²) in [6.07, 6.45) is 0. The van der Waals surface area contributed by atoms with Crippen LogP contribution in [0.25, 0.3) is 0 Å². The number of rotatable bonds is 6. The number of piperazine rings is 1. The largest absolute Gasteiger partial charge is 0.495 e. The molecule has 0 saturated carbocycles. The molecule has 1 N–H and O–H groups in total. The highest BCUT2D eigenvalue weighted by atomic mass is 19.1. The van der Waals surface area contributed by atoms with E-state index >= 15 is 0 Å². The molecule has 2 aromatic carbocycles. The van der Waals surface area contributed by atoms with Crippen molar-refractivity contribution in [2.75, 3.05) is 38.6 Å². The van der Waals surface area contributed by atoms with Gasteiger partial charge in [0.15, 0.2) is 0 Å². The summed E-state index contributed by atoms with van der Waals surface area (Å²) in [4.78, 5) is 17.1. The van der Waals surface area contributed by atoms with Crippen molar-refractivity contribution in [3.8, 4) is 5.75 Å². The molecular weight excluding hydrogens is 357 g/mol. The first-order chi connectivity index (χ1) is 13.5. The van der Waals surface area contributed by atoms with E-state index in [0.29, 0.717) is 23.5 Å². The Kier molecular flexibility index (Phi) is 6.65. The molecule has 1 unspecified atom stereocenters. The fourth-order valence-electron chi connectivity index (χ4n) is 3.50. The number of carbonyl (C=O) groups is 1. The van der Waals surface area contributed by atoms with Gasteiger partial charge in [0.25, 0.3) is 0 Å². The number of benzene rings is 2. The molecule has 0 aliphatic carbocycles. The van der Waals surface area contributed by atoms with Crippen LogP contribution in [0.3, 0.4) is 0 Å². The van der Waals surface area contributed by atoms with Gasteiger partial charge in [-0.05, 0) is 37.6 Å². The number of carbonyl (C=O) groups excluding carboxylic acids is 1. The molecule has 1 amide bonds. The lowest BCUT2D eigenvalue weighted by Gasteiger charge is -2.37. The number of methoxy groups -OCH3 is 1. The topological polar surface area (TPSA) is 44.8 Å². The molecule has 1 aliphatic heterocycles. The van der Waals surface area contributed by atoms with Crippen molar-refractivity contribution >= 4 is 11.6 Å². The van der Waals surface area contributed by atoms with E-state index in [2.05, 4.69) is 15.1 Å². The summed E-state index contributed by atoms with van der Waals surface area (Å²) in [7, 11) is 1.60. The van der Waals surface area contributed by atoms with E-state index in [-0.39, 0.29) is 17.8 Å². The third-order valence-electron chi connectivity index (χ3n) is 5.30. The molecule has 0 bridgehead atoms. The average molecular weight is 385 g/mol. The van der Waals surface area contributed by atoms with Crippen molar-refractivity contribution in [1.82, 2.24) is 9.80 Å². The van der Waals surface area contributed by atoms with E-state index in [1.807, 2.05) is 44.2 Å². The monoisotopic (exact) mass is 385 g/mol. The van der Waals surface area contributed by atoms with Crippen LogP contribution in [-0.2, 0) is 11.3 Å². The van der Waals surface area contributed by atoms with Gasteiger partial charge in [-0.25, -0.2) is 4.39 Å². The second-order valence-corrected chi connectivity index (χ2v) is 7.27. The first kappa shape index (κ1) is 20.3. The molecule has 150 valence electrons. The van der Waals surface area contributed by atoms with Crippen LogP contribution in [0.2, 0.25) is 0 Å². The van der Waals surface area contributed by atoms with Crippen LogP contribution in [0.1, 0.15) is 18.1 Å². The third-order valence-corrected chi connectivity index (χ3v) is 5.30. The van der Waals surface area contributed by atoms with Crippen molar-refractivity contribution in [1.29, 1.82) is 0 Å². The van der Waals surface area contributed by atoms with E-state index in [0.717, 1.165) is 31.7 Å². The van der Waals surface area contributed by atoms with Gasteiger partial charge in [-0.3, -0.25) is 14.6 Å². The van der Waals surface area contributed by atoms with E-state index in [9.17, 15) is 9.18 Å². The second-order valence-electron chi connectivity index (χ2n) is 7.27. The Bertz CT molecular complexity index is 819. The molecule has 1 saturated heterocycles. The minimum absolute atomic E-state index is 0.0496. The standard InChI is InChI=1S/C22H28FN3O2/c1-16-8-9-21(28-3)20(14-16)24-22(27)17(2)26-12-10-25(11-13-26)15-18-6-4-5-7-19(18)23/h4-9,14,17H,10-13,15H2,1-3H3,(H,24,27). The molecule has 2 aromatic rings. The maximum Gasteiger partial charge on any atom is 0.241 e. The Morgan fingerprint density at radius 3 is 2.57 bits per heavy atom. The molecule has 28 heavy (non-hydrogen) atoms. The molecule has 0 spiro atoms. The van der Waals surface area contributed by atoms with Gasteiger partial charge in [0, 0.05) is 38.3 Å². The van der Waals surface area contributed by atoms with Crippen LogP contribution in [0.4, 0.5) is 10.1 Å². The Morgan fingerprint density at radius 1 is 1.18 bits per heavy atom. The van der Waals surface area contributed by atoms with E-state index < -0.39 is 0 Å². The minimum Gasteiger partial charge on any atom is -0.495 e. The molecule has 5 nitrogen and oxygen atoms in total. The van der Waals surface area contributed by atoms with Gasteiger partial charge in [0.05, 0.1) is 18.8 Å². The smallest absolute Gasteiger partial charge is 0.241 e. The molecule has 6 heteroatoms. The molecule has 1 heterocycles. The molecule has 1 aliphatic rings. The van der Waals surface area contributed by atoms with Gasteiger partial charge in [0.1, 0.15) is 11.6 Å². The Hall–Kier alpha value is -2.44. The fraction of sp³-hybridized carbons (Fsp3) is 0.409. The number of aryl methyl sites for hydroxylation is 1. The molecule has 0 radical (unpaired) electrons. The second kappa shape index (κ2) is 9.17. The first-order valence-corrected chi connectivity index (χ1v) is 9.63. The summed E-state index contributed by atoms with van der Waals surface area (Å²) in [6.45, 7) is 7.65. The Labute approximate surface area is 166 Å². The van der Waals surface area contributed by atoms with Crippen LogP contribution in [0, 0.1) is 12.7 Å². The molecule has 1 fully saturated rings. The van der Waals surface area contributed by atoms with Crippen LogP contribution in [-0.4, -0.2) is 55.0 Å². The molecule has 0 aromatic heterocycles. The zero-order chi connectivity index (χ0) is 20.1. The van der Waals surface area contributed by atoms with Crippen LogP contribution >= 0.6 is 0 Å². The van der Waals surface area contributed by atoms with Gasteiger partial charge in [0.2, 0.25) is 5.91 Å². The Morgan fingerprint density at radius 2 is 1.89 bits per heavy atom. The average Bonchev–Trinajstić information content (AvgIpc) is 2.70. The number of hydrogen-bond donors (Lipinski definition) is 1. The van der Waals surface area contributed by atoms with E-state index in [1.165, 1.54) is 6.07 Å². The van der Waals surface area contributed by atoms with Crippen molar-refractivity contribution < 1.29 is 13.9 Å². The molecule has 1 atom stereocenters. The zero-order valence-corrected chi connectivity index (χ0v) is 16.7. The van der Waals surface area contributed by atoms with Gasteiger partial charge in [-0.15, -0.1) is 0 Å². The van der Waals surface area contributed by atoms with Crippen LogP contribution in [0.5, 0.6) is 5.75 Å². The highest BCUT2D eigenvalue weighted by Crippen LogP contribution is 2.25. The number of ether oxygens (including phenoxy) is 1. The van der Waals surface area contributed by atoms with Crippen molar-refractivity contribution in [2.45, 2.75) is 26.4 Å². The summed E-state index contributed by atoms with van der Waals surface area (Å²) in [5, 5.41) is 2.99. The number of nitrogens with zero attached hydrogens (tertiary/aromatic N) is 2. The van der Waals surface area contributed by atoms with Gasteiger partial charge in [-0.1, -0.05) is 24.3 Å². The third kappa shape index (κ3) is 4.88. The quantitative estimate of drug-likeness (QED) is 0.829. The summed E-state index contributed by atoms with van der Waals surface area (Å²) < 4.78 is 19.2. The van der Waals surface area contributed by atoms with Crippen molar-refractivity contribution in [3.05, 3.63) is 59.4 Å². The normalized spacial score (nSPS) is 16.6. The number of amides is 1. The summed E-state index contributed by atoms with van der Waals surface area (Å²) >= 11 is 0. The summed E-state index contributed by atoms with van der Waals surface area (Å²) in [6, 6.07) is 12.4. The van der Waals surface area contributed by atoms with Crippen LogP contribution in [0.15, 0.2) is 42.5 Å². The number of halogens is 1. The zero-order valence-electron chi connectivity index (χ0n) is 16.7. The minimum atomic E-state index is -0.249.